The minimum absolute atomic E-state index is 0.0918. The van der Waals surface area contributed by atoms with E-state index in [1.165, 1.54) is 12.1 Å². The molecule has 2 aromatic carbocycles. The van der Waals surface area contributed by atoms with Gasteiger partial charge in [0, 0.05) is 12.7 Å². The molecule has 0 saturated heterocycles. The molecule has 34 heavy (non-hydrogen) atoms. The number of nitrogens with zero attached hydrogens (tertiary/aromatic N) is 3. The molecule has 0 aliphatic carbocycles. The van der Waals surface area contributed by atoms with Crippen LogP contribution in [0.1, 0.15) is 11.1 Å². The minimum Gasteiger partial charge on any atom is -0.504 e. The van der Waals surface area contributed by atoms with Crippen LogP contribution in [0.3, 0.4) is 0 Å². The number of phenols is 2. The quantitative estimate of drug-likeness (QED) is 0.314. The van der Waals surface area contributed by atoms with Crippen LogP contribution in [0, 0.1) is 0 Å². The second-order valence-electron chi connectivity index (χ2n) is 7.19. The zero-order chi connectivity index (χ0) is 24.6. The van der Waals surface area contributed by atoms with Gasteiger partial charge in [0.2, 0.25) is 5.95 Å². The summed E-state index contributed by atoms with van der Waals surface area (Å²) in [6, 6.07) is 7.07. The summed E-state index contributed by atoms with van der Waals surface area (Å²) in [7, 11) is 0. The summed E-state index contributed by atoms with van der Waals surface area (Å²) in [6.07, 6.45) is -3.19. The van der Waals surface area contributed by atoms with E-state index >= 15 is 0 Å². The molecule has 4 aromatic rings. The molecule has 0 aliphatic heterocycles. The summed E-state index contributed by atoms with van der Waals surface area (Å²) in [5.74, 6) is -0.400. The predicted octanol–water partition coefficient (Wildman–Crippen LogP) is 3.21. The Bertz CT molecular complexity index is 1520. The number of halogens is 4. The Labute approximate surface area is 193 Å². The number of aromatic hydroxyl groups is 2. The highest BCUT2D eigenvalue weighted by Crippen LogP contribution is 2.35. The van der Waals surface area contributed by atoms with Gasteiger partial charge in [-0.2, -0.15) is 18.2 Å². The number of aromatic nitrogens is 4. The fourth-order valence-corrected chi connectivity index (χ4v) is 3.46. The van der Waals surface area contributed by atoms with Gasteiger partial charge in [0.15, 0.2) is 17.1 Å². The summed E-state index contributed by atoms with van der Waals surface area (Å²) in [4.78, 5) is 35.9. The van der Waals surface area contributed by atoms with Gasteiger partial charge in [-0.1, -0.05) is 17.7 Å². The van der Waals surface area contributed by atoms with Gasteiger partial charge in [-0.05, 0) is 42.3 Å². The first-order chi connectivity index (χ1) is 16.0. The maximum atomic E-state index is 13.2. The lowest BCUT2D eigenvalue weighted by Crippen LogP contribution is -2.34. The molecular weight excluding hydrogens is 479 g/mol. The number of nitrogens with one attached hydrogen (secondary N) is 2. The summed E-state index contributed by atoms with van der Waals surface area (Å²) in [5.41, 5.74) is -2.77. The number of benzene rings is 2. The van der Waals surface area contributed by atoms with Gasteiger partial charge in [0.25, 0.3) is 5.56 Å². The van der Waals surface area contributed by atoms with Crippen LogP contribution < -0.4 is 16.6 Å². The molecular formula is C21H15ClF3N5O4. The van der Waals surface area contributed by atoms with Gasteiger partial charge in [0.1, 0.15) is 5.39 Å². The van der Waals surface area contributed by atoms with Crippen LogP contribution >= 0.6 is 11.6 Å². The lowest BCUT2D eigenvalue weighted by molar-refractivity contribution is -0.137. The van der Waals surface area contributed by atoms with Gasteiger partial charge in [0.05, 0.1) is 16.3 Å². The molecule has 0 aliphatic rings. The van der Waals surface area contributed by atoms with Crippen LogP contribution in [0.25, 0.3) is 16.7 Å². The molecule has 2 aromatic heterocycles. The van der Waals surface area contributed by atoms with Gasteiger partial charge < -0.3 is 15.5 Å². The van der Waals surface area contributed by atoms with Gasteiger partial charge >= 0.3 is 11.9 Å². The molecule has 0 bridgehead atoms. The van der Waals surface area contributed by atoms with E-state index in [1.807, 2.05) is 0 Å². The number of anilines is 1. The lowest BCUT2D eigenvalue weighted by Gasteiger charge is -2.12. The van der Waals surface area contributed by atoms with E-state index in [2.05, 4.69) is 20.3 Å². The third kappa shape index (κ3) is 4.53. The number of hydrogen-bond acceptors (Lipinski definition) is 7. The number of rotatable bonds is 5. The van der Waals surface area contributed by atoms with E-state index < -0.39 is 28.0 Å². The maximum Gasteiger partial charge on any atom is 0.417 e. The third-order valence-electron chi connectivity index (χ3n) is 4.90. The fraction of sp³-hybridized carbons (Fsp3) is 0.143. The third-order valence-corrected chi connectivity index (χ3v) is 5.23. The number of fused-ring (bicyclic) bond motifs is 1. The Balaban J connectivity index is 1.62. The molecule has 0 saturated carbocycles. The lowest BCUT2D eigenvalue weighted by atomic mass is 10.1. The summed E-state index contributed by atoms with van der Waals surface area (Å²) >= 11 is 5.61. The van der Waals surface area contributed by atoms with Gasteiger partial charge in [-0.15, -0.1) is 0 Å². The van der Waals surface area contributed by atoms with Crippen molar-refractivity contribution >= 4 is 28.6 Å². The van der Waals surface area contributed by atoms with Crippen molar-refractivity contribution in [2.45, 2.75) is 12.6 Å². The van der Waals surface area contributed by atoms with E-state index in [0.29, 0.717) is 23.6 Å². The van der Waals surface area contributed by atoms with E-state index in [9.17, 15) is 33.0 Å². The fourth-order valence-electron chi connectivity index (χ4n) is 3.24. The highest BCUT2D eigenvalue weighted by atomic mass is 35.5. The summed E-state index contributed by atoms with van der Waals surface area (Å²) < 4.78 is 40.1. The molecule has 4 N–H and O–H groups in total. The minimum atomic E-state index is -4.77. The molecule has 0 fully saturated rings. The molecule has 176 valence electrons. The van der Waals surface area contributed by atoms with Crippen LogP contribution in [-0.4, -0.2) is 36.3 Å². The topological polar surface area (TPSA) is 133 Å². The number of alkyl halides is 3. The van der Waals surface area contributed by atoms with Crippen molar-refractivity contribution in [2.75, 3.05) is 11.9 Å². The monoisotopic (exact) mass is 493 g/mol. The molecule has 4 rings (SSSR count). The highest BCUT2D eigenvalue weighted by molar-refractivity contribution is 6.31. The Morgan fingerprint density at radius 2 is 1.85 bits per heavy atom. The van der Waals surface area contributed by atoms with Crippen molar-refractivity contribution in [1.82, 2.24) is 19.5 Å². The maximum absolute atomic E-state index is 13.2. The molecule has 0 amide bonds. The van der Waals surface area contributed by atoms with Crippen molar-refractivity contribution in [3.05, 3.63) is 79.6 Å². The van der Waals surface area contributed by atoms with Crippen LogP contribution in [0.5, 0.6) is 11.5 Å². The number of hydrogen-bond donors (Lipinski definition) is 4. The van der Waals surface area contributed by atoms with Crippen LogP contribution in [0.2, 0.25) is 5.02 Å². The van der Waals surface area contributed by atoms with Crippen molar-refractivity contribution < 1.29 is 23.4 Å². The Morgan fingerprint density at radius 3 is 2.56 bits per heavy atom. The average Bonchev–Trinajstić information content (AvgIpc) is 2.76. The number of H-pyrrole nitrogens is 1. The molecule has 13 heteroatoms. The van der Waals surface area contributed by atoms with Crippen molar-refractivity contribution in [3.8, 4) is 17.2 Å². The first kappa shape index (κ1) is 23.1. The standard InChI is InChI=1S/C21H15ClF3N5O4/c22-14-3-2-11(8-13(14)21(23,24)25)30-18(33)12-9-27-19(28-17(12)29-20(30)34)26-6-5-10-1-4-15(31)16(32)7-10/h1-4,7-9,31-32H,5-6H2,(H2,26,27,28,29,34). The Morgan fingerprint density at radius 1 is 1.09 bits per heavy atom. The summed E-state index contributed by atoms with van der Waals surface area (Å²) in [6.45, 7) is 0.321. The zero-order valence-electron chi connectivity index (χ0n) is 17.0. The predicted molar refractivity (Wildman–Crippen MR) is 118 cm³/mol. The number of phenolic OH excluding ortho intramolecular Hbond substituents is 2. The second-order valence-corrected chi connectivity index (χ2v) is 7.60. The Kier molecular flexibility index (Phi) is 5.92. The molecule has 0 spiro atoms. The normalized spacial score (nSPS) is 11.6. The number of aromatic amines is 1. The van der Waals surface area contributed by atoms with Crippen molar-refractivity contribution in [3.63, 3.8) is 0 Å². The first-order valence-corrected chi connectivity index (χ1v) is 10.1. The van der Waals surface area contributed by atoms with E-state index in [1.54, 1.807) is 6.07 Å². The molecule has 9 nitrogen and oxygen atoms in total. The molecule has 2 heterocycles. The smallest absolute Gasteiger partial charge is 0.417 e. The van der Waals surface area contributed by atoms with Crippen LogP contribution in [0.4, 0.5) is 19.1 Å². The van der Waals surface area contributed by atoms with Gasteiger partial charge in [-0.3, -0.25) is 9.78 Å². The van der Waals surface area contributed by atoms with Crippen LogP contribution in [-0.2, 0) is 12.6 Å². The molecule has 0 atom stereocenters. The molecule has 0 radical (unpaired) electrons. The van der Waals surface area contributed by atoms with E-state index in [0.717, 1.165) is 23.9 Å². The SMILES string of the molecule is O=c1[nH]c2nc(NCCc3ccc(O)c(O)c3)ncc2c(=O)n1-c1ccc(Cl)c(C(F)(F)F)c1. The van der Waals surface area contributed by atoms with Gasteiger partial charge in [-0.25, -0.2) is 14.3 Å². The summed E-state index contributed by atoms with van der Waals surface area (Å²) in [5, 5.41) is 21.1. The Hall–Kier alpha value is -4.06. The van der Waals surface area contributed by atoms with E-state index in [-0.39, 0.29) is 34.2 Å². The highest BCUT2D eigenvalue weighted by Gasteiger charge is 2.33. The zero-order valence-corrected chi connectivity index (χ0v) is 17.8. The van der Waals surface area contributed by atoms with Crippen LogP contribution in [0.15, 0.2) is 52.2 Å². The second kappa shape index (κ2) is 8.71. The van der Waals surface area contributed by atoms with Crippen molar-refractivity contribution in [2.24, 2.45) is 0 Å². The molecule has 0 unspecified atom stereocenters. The average molecular weight is 494 g/mol. The largest absolute Gasteiger partial charge is 0.504 e. The van der Waals surface area contributed by atoms with E-state index in [4.69, 9.17) is 11.6 Å². The first-order valence-electron chi connectivity index (χ1n) is 9.68. The van der Waals surface area contributed by atoms with Crippen molar-refractivity contribution in [1.29, 1.82) is 0 Å².